The molecule has 0 spiro atoms. The van der Waals surface area contributed by atoms with Gasteiger partial charge >= 0.3 is 0 Å². The summed E-state index contributed by atoms with van der Waals surface area (Å²) in [5.74, 6) is 0.0389. The molecular weight excluding hydrogens is 278 g/mol. The molecule has 0 bridgehead atoms. The van der Waals surface area contributed by atoms with Gasteiger partial charge in [-0.1, -0.05) is 32.9 Å². The first-order chi connectivity index (χ1) is 10.3. The Morgan fingerprint density at radius 2 is 1.73 bits per heavy atom. The van der Waals surface area contributed by atoms with E-state index in [2.05, 4.69) is 26.1 Å². The van der Waals surface area contributed by atoms with Crippen LogP contribution in [0.15, 0.2) is 24.3 Å². The topological polar surface area (TPSA) is 55.4 Å². The smallest absolute Gasteiger partial charge is 0.216 e. The Morgan fingerprint density at radius 1 is 1.09 bits per heavy atom. The number of carbonyl (C=O) groups is 2. The second kappa shape index (κ2) is 6.61. The van der Waals surface area contributed by atoms with Gasteiger partial charge in [0.25, 0.3) is 0 Å². The van der Waals surface area contributed by atoms with Crippen LogP contribution in [0.4, 0.5) is 0 Å². The number of carbonyl (C=O) groups excluding carboxylic acids is 2. The summed E-state index contributed by atoms with van der Waals surface area (Å²) in [5, 5.41) is 3.25. The van der Waals surface area contributed by atoms with Gasteiger partial charge in [-0.2, -0.15) is 0 Å². The second-order valence-electron chi connectivity index (χ2n) is 7.13. The van der Waals surface area contributed by atoms with E-state index in [9.17, 15) is 9.59 Å². The van der Waals surface area contributed by atoms with Gasteiger partial charge in [0.15, 0.2) is 0 Å². The molecule has 1 aliphatic carbocycles. The molecule has 2 rings (SSSR count). The zero-order valence-corrected chi connectivity index (χ0v) is 13.8. The Labute approximate surface area is 132 Å². The van der Waals surface area contributed by atoms with Crippen LogP contribution >= 0.6 is 0 Å². The van der Waals surface area contributed by atoms with Gasteiger partial charge in [0, 0.05) is 0 Å². The van der Waals surface area contributed by atoms with Crippen molar-refractivity contribution in [3.05, 3.63) is 29.8 Å². The van der Waals surface area contributed by atoms with Gasteiger partial charge < -0.3 is 10.1 Å². The highest BCUT2D eigenvalue weighted by molar-refractivity contribution is 6.47. The zero-order chi connectivity index (χ0) is 16.3. The fourth-order valence-corrected chi connectivity index (χ4v) is 2.64. The number of ketones is 2. The van der Waals surface area contributed by atoms with Crippen molar-refractivity contribution in [1.82, 2.24) is 5.32 Å². The van der Waals surface area contributed by atoms with Crippen molar-refractivity contribution in [3.8, 4) is 5.75 Å². The van der Waals surface area contributed by atoms with E-state index in [0.717, 1.165) is 24.3 Å². The summed E-state index contributed by atoms with van der Waals surface area (Å²) in [6.45, 7) is 7.25. The number of Topliss-reactive ketones (excluding diaryl/α,β-unsaturated/α-hetero) is 2. The van der Waals surface area contributed by atoms with Crippen LogP contribution < -0.4 is 10.1 Å². The van der Waals surface area contributed by atoms with E-state index in [0.29, 0.717) is 6.42 Å². The molecule has 0 aliphatic heterocycles. The molecule has 1 saturated carbocycles. The van der Waals surface area contributed by atoms with Crippen LogP contribution in [-0.4, -0.2) is 31.3 Å². The molecule has 4 nitrogen and oxygen atoms in total. The van der Waals surface area contributed by atoms with Crippen LogP contribution in [-0.2, 0) is 16.0 Å². The molecule has 2 atom stereocenters. The lowest BCUT2D eigenvalue weighted by Gasteiger charge is -2.34. The Hall–Kier alpha value is -1.68. The lowest BCUT2D eigenvalue weighted by atomic mass is 9.73. The van der Waals surface area contributed by atoms with Gasteiger partial charge in [0.05, 0.1) is 19.1 Å². The summed E-state index contributed by atoms with van der Waals surface area (Å²) in [7, 11) is 1.62. The predicted molar refractivity (Wildman–Crippen MR) is 86.1 cm³/mol. The number of hydrogen-bond donors (Lipinski definition) is 1. The van der Waals surface area contributed by atoms with Crippen molar-refractivity contribution in [2.75, 3.05) is 13.7 Å². The first kappa shape index (κ1) is 16.7. The van der Waals surface area contributed by atoms with Gasteiger partial charge in [0.1, 0.15) is 5.75 Å². The molecule has 2 unspecified atom stereocenters. The minimum atomic E-state index is -0.322. The van der Waals surface area contributed by atoms with E-state index in [1.165, 1.54) is 0 Å². The number of hydrogen-bond acceptors (Lipinski definition) is 4. The van der Waals surface area contributed by atoms with Crippen LogP contribution in [0.1, 0.15) is 32.8 Å². The Kier molecular flexibility index (Phi) is 5.01. The predicted octanol–water partition coefficient (Wildman–Crippen LogP) is 2.40. The van der Waals surface area contributed by atoms with Crippen molar-refractivity contribution < 1.29 is 14.3 Å². The zero-order valence-electron chi connectivity index (χ0n) is 13.8. The maximum absolute atomic E-state index is 11.8. The number of nitrogens with one attached hydrogen (secondary N) is 1. The quantitative estimate of drug-likeness (QED) is 0.820. The summed E-state index contributed by atoms with van der Waals surface area (Å²) >= 11 is 0. The average Bonchev–Trinajstić information content (AvgIpc) is 2.49. The maximum atomic E-state index is 11.8. The van der Waals surface area contributed by atoms with E-state index in [-0.39, 0.29) is 28.9 Å². The highest BCUT2D eigenvalue weighted by atomic mass is 16.5. The molecule has 22 heavy (non-hydrogen) atoms. The summed E-state index contributed by atoms with van der Waals surface area (Å²) in [4.78, 5) is 23.6. The van der Waals surface area contributed by atoms with E-state index < -0.39 is 0 Å². The fourth-order valence-electron chi connectivity index (χ4n) is 2.64. The van der Waals surface area contributed by atoms with Crippen LogP contribution in [0.25, 0.3) is 0 Å². The Morgan fingerprint density at radius 3 is 2.27 bits per heavy atom. The third-order valence-electron chi connectivity index (χ3n) is 4.12. The molecule has 4 heteroatoms. The van der Waals surface area contributed by atoms with Crippen molar-refractivity contribution in [3.63, 3.8) is 0 Å². The molecule has 1 fully saturated rings. The molecular formula is C18H25NO3. The molecule has 0 aromatic heterocycles. The standard InChI is InChI=1S/C18H25NO3/c1-18(2,3)9-10-19-15-14(16(20)17(15)21)11-12-5-7-13(22-4)8-6-12/h5-8,14-15,19H,9-11H2,1-4H3. The summed E-state index contributed by atoms with van der Waals surface area (Å²) < 4.78 is 5.13. The van der Waals surface area contributed by atoms with Gasteiger partial charge in [0.2, 0.25) is 11.6 Å². The first-order valence-corrected chi connectivity index (χ1v) is 7.76. The molecule has 0 saturated heterocycles. The van der Waals surface area contributed by atoms with Crippen LogP contribution in [0, 0.1) is 11.3 Å². The van der Waals surface area contributed by atoms with E-state index in [1.807, 2.05) is 24.3 Å². The van der Waals surface area contributed by atoms with Crippen LogP contribution in [0.3, 0.4) is 0 Å². The number of rotatable bonds is 6. The first-order valence-electron chi connectivity index (χ1n) is 7.76. The average molecular weight is 303 g/mol. The van der Waals surface area contributed by atoms with Gasteiger partial charge in [-0.05, 0) is 42.5 Å². The largest absolute Gasteiger partial charge is 0.497 e. The minimum Gasteiger partial charge on any atom is -0.497 e. The number of ether oxygens (including phenoxy) is 1. The molecule has 0 heterocycles. The lowest BCUT2D eigenvalue weighted by molar-refractivity contribution is -0.149. The molecule has 1 aliphatic rings. The molecule has 120 valence electrons. The molecule has 1 aromatic carbocycles. The maximum Gasteiger partial charge on any atom is 0.216 e. The third kappa shape index (κ3) is 3.95. The van der Waals surface area contributed by atoms with Crippen molar-refractivity contribution >= 4 is 11.6 Å². The van der Waals surface area contributed by atoms with Crippen LogP contribution in [0.5, 0.6) is 5.75 Å². The number of methoxy groups -OCH3 is 1. The van der Waals surface area contributed by atoms with E-state index in [4.69, 9.17) is 4.74 Å². The second-order valence-corrected chi connectivity index (χ2v) is 7.13. The molecule has 1 N–H and O–H groups in total. The summed E-state index contributed by atoms with van der Waals surface area (Å²) in [6.07, 6.45) is 1.57. The summed E-state index contributed by atoms with van der Waals surface area (Å²) in [5.41, 5.74) is 1.27. The number of benzene rings is 1. The Balaban J connectivity index is 1.93. The van der Waals surface area contributed by atoms with Gasteiger partial charge in [-0.3, -0.25) is 9.59 Å². The van der Waals surface area contributed by atoms with Gasteiger partial charge in [-0.25, -0.2) is 0 Å². The van der Waals surface area contributed by atoms with Crippen molar-refractivity contribution in [2.45, 2.75) is 39.7 Å². The molecule has 0 radical (unpaired) electrons. The molecule has 1 aromatic rings. The van der Waals surface area contributed by atoms with Crippen molar-refractivity contribution in [1.29, 1.82) is 0 Å². The molecule has 0 amide bonds. The van der Waals surface area contributed by atoms with E-state index >= 15 is 0 Å². The van der Waals surface area contributed by atoms with E-state index in [1.54, 1.807) is 7.11 Å². The highest BCUT2D eigenvalue weighted by Crippen LogP contribution is 2.26. The fraction of sp³-hybridized carbons (Fsp3) is 0.556. The van der Waals surface area contributed by atoms with Crippen LogP contribution in [0.2, 0.25) is 0 Å². The van der Waals surface area contributed by atoms with Gasteiger partial charge in [-0.15, -0.1) is 0 Å². The van der Waals surface area contributed by atoms with Crippen molar-refractivity contribution in [2.24, 2.45) is 11.3 Å². The Bertz CT molecular complexity index is 542. The normalized spacial score (nSPS) is 21.6. The monoisotopic (exact) mass is 303 g/mol. The third-order valence-corrected chi connectivity index (χ3v) is 4.12. The highest BCUT2D eigenvalue weighted by Gasteiger charge is 2.48. The summed E-state index contributed by atoms with van der Waals surface area (Å²) in [6, 6.07) is 7.32. The minimum absolute atomic E-state index is 0.218. The lowest BCUT2D eigenvalue weighted by Crippen LogP contribution is -2.61. The SMILES string of the molecule is COc1ccc(CC2C(=O)C(=O)C2NCCC(C)(C)C)cc1.